The fraction of sp³-hybridized carbons (Fsp3) is 0.684. The highest BCUT2D eigenvalue weighted by atomic mass is 16.5. The molecule has 24 heavy (non-hydrogen) atoms. The molecular formula is C19H32BNO3. The summed E-state index contributed by atoms with van der Waals surface area (Å²) in [6.07, 6.45) is 2.41. The molecule has 0 aromatic heterocycles. The average Bonchev–Trinajstić information content (AvgIpc) is 2.47. The maximum absolute atomic E-state index is 9.23. The number of ether oxygens (including phenoxy) is 2. The van der Waals surface area contributed by atoms with E-state index >= 15 is 0 Å². The average molecular weight is 333 g/mol. The zero-order valence-electron chi connectivity index (χ0n) is 15.7. The fourth-order valence-electron chi connectivity index (χ4n) is 1.99. The normalized spacial score (nSPS) is 17.8. The van der Waals surface area contributed by atoms with Crippen LogP contribution in [-0.4, -0.2) is 43.4 Å². The van der Waals surface area contributed by atoms with Crippen molar-refractivity contribution in [3.63, 3.8) is 0 Å². The summed E-state index contributed by atoms with van der Waals surface area (Å²) in [5.41, 5.74) is 6.21. The second-order valence-corrected chi connectivity index (χ2v) is 7.54. The highest BCUT2D eigenvalue weighted by Crippen LogP contribution is 2.21. The van der Waals surface area contributed by atoms with Gasteiger partial charge in [-0.2, -0.15) is 0 Å². The van der Waals surface area contributed by atoms with Crippen molar-refractivity contribution in [3.8, 4) is 0 Å². The summed E-state index contributed by atoms with van der Waals surface area (Å²) in [6, 6.07) is 7.89. The van der Waals surface area contributed by atoms with Crippen molar-refractivity contribution in [2.75, 3.05) is 13.2 Å². The van der Waals surface area contributed by atoms with E-state index in [1.54, 1.807) is 27.7 Å². The Bertz CT molecular complexity index is 476. The van der Waals surface area contributed by atoms with E-state index in [1.807, 2.05) is 18.2 Å². The van der Waals surface area contributed by atoms with E-state index in [4.69, 9.17) is 23.1 Å². The molecule has 1 aliphatic rings. The fourth-order valence-corrected chi connectivity index (χ4v) is 1.99. The molecule has 4 nitrogen and oxygen atoms in total. The Balaban J connectivity index is 0.000000307. The maximum atomic E-state index is 9.23. The summed E-state index contributed by atoms with van der Waals surface area (Å²) >= 11 is 0. The van der Waals surface area contributed by atoms with Gasteiger partial charge in [0.15, 0.2) is 0 Å². The summed E-state index contributed by atoms with van der Waals surface area (Å²) < 4.78 is 11.3. The molecule has 1 aromatic rings. The zero-order valence-corrected chi connectivity index (χ0v) is 15.7. The van der Waals surface area contributed by atoms with Gasteiger partial charge in [0.1, 0.15) is 7.85 Å². The lowest BCUT2D eigenvalue weighted by molar-refractivity contribution is -0.0635. The predicted octanol–water partition coefficient (Wildman–Crippen LogP) is 2.23. The minimum Gasteiger partial charge on any atom is -0.389 e. The van der Waals surface area contributed by atoms with Crippen LogP contribution in [0.4, 0.5) is 0 Å². The first-order chi connectivity index (χ1) is 11.0. The molecule has 1 aliphatic heterocycles. The molecule has 3 N–H and O–H groups in total. The van der Waals surface area contributed by atoms with Gasteiger partial charge in [-0.05, 0) is 53.0 Å². The molecule has 0 saturated carbocycles. The van der Waals surface area contributed by atoms with Crippen molar-refractivity contribution in [1.29, 1.82) is 0 Å². The van der Waals surface area contributed by atoms with Gasteiger partial charge in [-0.25, -0.2) is 0 Å². The number of aliphatic hydroxyl groups is 1. The smallest absolute Gasteiger partial charge is 0.113 e. The largest absolute Gasteiger partial charge is 0.389 e. The minimum absolute atomic E-state index is 0.103. The van der Waals surface area contributed by atoms with Crippen LogP contribution >= 0.6 is 0 Å². The van der Waals surface area contributed by atoms with Gasteiger partial charge in [0.2, 0.25) is 0 Å². The summed E-state index contributed by atoms with van der Waals surface area (Å²) in [6.45, 7) is 10.7. The van der Waals surface area contributed by atoms with E-state index < -0.39 is 11.1 Å². The van der Waals surface area contributed by atoms with Gasteiger partial charge in [0, 0.05) is 18.8 Å². The SMILES string of the molecule is CC(C)(N)C(C)(C)O.[B]c1cccc(C(C)OC2CCOCC2)c1. The lowest BCUT2D eigenvalue weighted by atomic mass is 9.87. The van der Waals surface area contributed by atoms with Crippen LogP contribution in [0.25, 0.3) is 0 Å². The first kappa shape index (κ1) is 21.2. The molecule has 2 radical (unpaired) electrons. The van der Waals surface area contributed by atoms with Gasteiger partial charge in [-0.1, -0.05) is 29.7 Å². The van der Waals surface area contributed by atoms with Gasteiger partial charge < -0.3 is 20.3 Å². The molecule has 0 aliphatic carbocycles. The second-order valence-electron chi connectivity index (χ2n) is 7.54. The summed E-state index contributed by atoms with van der Waals surface area (Å²) in [5.74, 6) is 0. The number of rotatable bonds is 4. The maximum Gasteiger partial charge on any atom is 0.113 e. The molecule has 2 rings (SSSR count). The Morgan fingerprint density at radius 1 is 1.25 bits per heavy atom. The second kappa shape index (κ2) is 9.00. The monoisotopic (exact) mass is 333 g/mol. The quantitative estimate of drug-likeness (QED) is 0.830. The Kier molecular flexibility index (Phi) is 7.94. The minimum atomic E-state index is -0.785. The number of nitrogens with two attached hydrogens (primary N) is 1. The molecule has 1 aromatic carbocycles. The van der Waals surface area contributed by atoms with E-state index in [9.17, 15) is 5.11 Å². The van der Waals surface area contributed by atoms with Crippen LogP contribution in [0.1, 0.15) is 59.1 Å². The third-order valence-corrected chi connectivity index (χ3v) is 4.52. The van der Waals surface area contributed by atoms with Gasteiger partial charge in [-0.15, -0.1) is 0 Å². The molecule has 1 atom stereocenters. The predicted molar refractivity (Wildman–Crippen MR) is 99.7 cm³/mol. The van der Waals surface area contributed by atoms with Crippen LogP contribution in [0.2, 0.25) is 0 Å². The molecule has 1 fully saturated rings. The van der Waals surface area contributed by atoms with Crippen LogP contribution in [0.15, 0.2) is 24.3 Å². The summed E-state index contributed by atoms with van der Waals surface area (Å²) in [7, 11) is 5.75. The first-order valence-electron chi connectivity index (χ1n) is 8.60. The van der Waals surface area contributed by atoms with Gasteiger partial charge in [0.25, 0.3) is 0 Å². The van der Waals surface area contributed by atoms with Crippen molar-refractivity contribution in [1.82, 2.24) is 0 Å². The van der Waals surface area contributed by atoms with Gasteiger partial charge in [-0.3, -0.25) is 0 Å². The van der Waals surface area contributed by atoms with Crippen molar-refractivity contribution < 1.29 is 14.6 Å². The van der Waals surface area contributed by atoms with Crippen LogP contribution < -0.4 is 11.2 Å². The van der Waals surface area contributed by atoms with E-state index in [0.717, 1.165) is 37.1 Å². The summed E-state index contributed by atoms with van der Waals surface area (Å²) in [4.78, 5) is 0. The Morgan fingerprint density at radius 3 is 2.25 bits per heavy atom. The highest BCUT2D eigenvalue weighted by Gasteiger charge is 2.30. The lowest BCUT2D eigenvalue weighted by Crippen LogP contribution is -2.52. The van der Waals surface area contributed by atoms with Crippen LogP contribution in [0.3, 0.4) is 0 Å². The van der Waals surface area contributed by atoms with E-state index in [-0.39, 0.29) is 6.10 Å². The van der Waals surface area contributed by atoms with Crippen LogP contribution in [0, 0.1) is 0 Å². The molecule has 5 heteroatoms. The van der Waals surface area contributed by atoms with Crippen molar-refractivity contribution >= 4 is 13.3 Å². The molecule has 1 saturated heterocycles. The number of hydrogen-bond acceptors (Lipinski definition) is 4. The van der Waals surface area contributed by atoms with E-state index in [2.05, 4.69) is 13.0 Å². The third-order valence-electron chi connectivity index (χ3n) is 4.52. The van der Waals surface area contributed by atoms with Crippen LogP contribution in [0.5, 0.6) is 0 Å². The van der Waals surface area contributed by atoms with Gasteiger partial charge in [0.05, 0.1) is 17.8 Å². The lowest BCUT2D eigenvalue weighted by Gasteiger charge is -2.32. The molecule has 1 heterocycles. The first-order valence-corrected chi connectivity index (χ1v) is 8.60. The van der Waals surface area contributed by atoms with Crippen molar-refractivity contribution in [2.24, 2.45) is 5.73 Å². The van der Waals surface area contributed by atoms with Crippen molar-refractivity contribution in [3.05, 3.63) is 29.8 Å². The molecule has 134 valence electrons. The van der Waals surface area contributed by atoms with E-state index in [1.165, 1.54) is 0 Å². The van der Waals surface area contributed by atoms with Gasteiger partial charge >= 0.3 is 0 Å². The van der Waals surface area contributed by atoms with E-state index in [0.29, 0.717) is 6.10 Å². The zero-order chi connectivity index (χ0) is 18.4. The molecule has 0 spiro atoms. The Labute approximate surface area is 148 Å². The summed E-state index contributed by atoms with van der Waals surface area (Å²) in [5, 5.41) is 9.23. The Hall–Kier alpha value is -0.875. The third kappa shape index (κ3) is 7.35. The molecule has 0 bridgehead atoms. The molecular weight excluding hydrogens is 301 g/mol. The highest BCUT2D eigenvalue weighted by molar-refractivity contribution is 6.32. The topological polar surface area (TPSA) is 64.7 Å². The number of hydrogen-bond donors (Lipinski definition) is 2. The van der Waals surface area contributed by atoms with Crippen LogP contribution in [-0.2, 0) is 9.47 Å². The molecule has 0 amide bonds. The Morgan fingerprint density at radius 2 is 1.79 bits per heavy atom. The standard InChI is InChI=1S/C13H17BO2.C6H15NO/c1-10(11-3-2-4-12(14)9-11)16-13-5-7-15-8-6-13;1-5(2,7)6(3,4)8/h2-4,9-10,13H,5-8H2,1H3;8H,7H2,1-4H3. The van der Waals surface area contributed by atoms with Crippen molar-refractivity contribution in [2.45, 2.75) is 70.8 Å². The number of benzene rings is 1. The molecule has 1 unspecified atom stereocenters.